The number of benzene rings is 10. The molecule has 6 heteroatoms. The van der Waals surface area contributed by atoms with Gasteiger partial charge in [-0.25, -0.2) is 4.98 Å². The van der Waals surface area contributed by atoms with Crippen molar-refractivity contribution in [2.75, 3.05) is 9.80 Å². The number of hydrogen-bond donors (Lipinski definition) is 0. The first-order valence-corrected chi connectivity index (χ1v) is 25.7. The van der Waals surface area contributed by atoms with Crippen LogP contribution in [-0.4, -0.2) is 9.55 Å². The quantitative estimate of drug-likeness (QED) is 0.128. The summed E-state index contributed by atoms with van der Waals surface area (Å²) < 4.78 is 35.8. The van der Waals surface area contributed by atoms with Gasteiger partial charge in [-0.3, -0.25) is 0 Å². The molecule has 10 aromatic carbocycles. The molecule has 0 saturated carbocycles. The molecular weight excluding hydrogens is 1120 g/mol. The number of hydrogen-bond acceptors (Lipinski definition) is 4. The van der Waals surface area contributed by atoms with Crippen LogP contribution in [0.4, 0.5) is 22.7 Å². The maximum absolute atomic E-state index is 8.88. The van der Waals surface area contributed by atoms with E-state index in [2.05, 4.69) is 219 Å². The van der Waals surface area contributed by atoms with Gasteiger partial charge in [-0.05, 0) is 80.9 Å². The largest absolute Gasteiger partial charge is 0.509 e. The van der Waals surface area contributed by atoms with Crippen molar-refractivity contribution >= 4 is 44.6 Å². The van der Waals surface area contributed by atoms with Crippen molar-refractivity contribution in [3.05, 3.63) is 273 Å². The van der Waals surface area contributed by atoms with Gasteiger partial charge in [0.2, 0.25) is 0 Å². The third-order valence-corrected chi connectivity index (χ3v) is 14.4. The molecule has 2 aromatic heterocycles. The average molecular weight is 1180 g/mol. The summed E-state index contributed by atoms with van der Waals surface area (Å²) in [5.74, 6) is 1.42. The second-order valence-electron chi connectivity index (χ2n) is 20.3. The van der Waals surface area contributed by atoms with Crippen molar-refractivity contribution in [3.63, 3.8) is 0 Å². The maximum Gasteiger partial charge on any atom is 0.135 e. The number of anilines is 4. The van der Waals surface area contributed by atoms with Crippen molar-refractivity contribution in [1.82, 2.24) is 9.55 Å². The minimum Gasteiger partial charge on any atom is -0.509 e. The zero-order chi connectivity index (χ0) is 53.8. The Labute approximate surface area is 469 Å². The molecule has 13 rings (SSSR count). The van der Waals surface area contributed by atoms with E-state index in [0.717, 1.165) is 94.7 Å². The number of rotatable bonds is 10. The molecule has 0 unspecified atom stereocenters. The molecule has 12 aromatic rings. The second-order valence-corrected chi connectivity index (χ2v) is 20.3. The Kier molecular flexibility index (Phi) is 12.1. The molecule has 5 nitrogen and oxygen atoms in total. The van der Waals surface area contributed by atoms with Crippen molar-refractivity contribution in [2.45, 2.75) is 33.0 Å². The first-order valence-electron chi connectivity index (χ1n) is 27.2. The zero-order valence-corrected chi connectivity index (χ0v) is 45.0. The first kappa shape index (κ1) is 45.6. The van der Waals surface area contributed by atoms with Crippen LogP contribution in [0.5, 0.6) is 11.5 Å². The van der Waals surface area contributed by atoms with Gasteiger partial charge in [0.15, 0.2) is 0 Å². The number of nitrogens with zero attached hydrogens (tertiary/aromatic N) is 4. The van der Waals surface area contributed by atoms with E-state index in [9.17, 15) is 0 Å². The number of fused-ring (bicyclic) bond motifs is 4. The predicted molar refractivity (Wildman–Crippen MR) is 315 cm³/mol. The molecule has 0 amide bonds. The van der Waals surface area contributed by atoms with E-state index < -0.39 is 6.85 Å². The summed E-state index contributed by atoms with van der Waals surface area (Å²) in [6.45, 7) is 6.20. The molecule has 0 atom stereocenters. The molecular formula is C71H53N4OPt-3. The molecule has 376 valence electrons. The number of aromatic nitrogens is 2. The summed E-state index contributed by atoms with van der Waals surface area (Å²) in [7, 11) is 0. The van der Waals surface area contributed by atoms with E-state index in [4.69, 9.17) is 13.8 Å². The van der Waals surface area contributed by atoms with Crippen LogP contribution in [0.1, 0.15) is 36.0 Å². The molecule has 0 aliphatic carbocycles. The minimum atomic E-state index is -2.45. The Morgan fingerprint density at radius 1 is 0.494 bits per heavy atom. The maximum atomic E-state index is 8.88. The van der Waals surface area contributed by atoms with Crippen molar-refractivity contribution < 1.29 is 29.9 Å². The van der Waals surface area contributed by atoms with Gasteiger partial charge < -0.3 is 19.1 Å². The molecule has 3 heterocycles. The van der Waals surface area contributed by atoms with Crippen molar-refractivity contribution in [1.29, 1.82) is 0 Å². The van der Waals surface area contributed by atoms with Gasteiger partial charge in [-0.15, -0.1) is 42.0 Å². The molecule has 1 aliphatic heterocycles. The van der Waals surface area contributed by atoms with Gasteiger partial charge in [0.1, 0.15) is 5.82 Å². The number of aryl methyl sites for hydroxylation is 1. The smallest absolute Gasteiger partial charge is 0.135 e. The second kappa shape index (κ2) is 20.4. The van der Waals surface area contributed by atoms with Gasteiger partial charge >= 0.3 is 0 Å². The van der Waals surface area contributed by atoms with Crippen molar-refractivity contribution in [2.24, 2.45) is 0 Å². The third kappa shape index (κ3) is 9.21. The summed E-state index contributed by atoms with van der Waals surface area (Å²) in [4.78, 5) is 9.56. The number of ether oxygens (including phenoxy) is 1. The van der Waals surface area contributed by atoms with E-state index in [1.54, 1.807) is 12.3 Å². The van der Waals surface area contributed by atoms with Crippen LogP contribution in [0.3, 0.4) is 0 Å². The Bertz CT molecular complexity index is 4160. The summed E-state index contributed by atoms with van der Waals surface area (Å²) in [5.41, 5.74) is 16.4. The first-order chi connectivity index (χ1) is 38.4. The summed E-state index contributed by atoms with van der Waals surface area (Å²) in [6, 6.07) is 88.4. The van der Waals surface area contributed by atoms with E-state index in [0.29, 0.717) is 28.4 Å². The molecule has 0 radical (unpaired) electrons. The Morgan fingerprint density at radius 3 is 1.68 bits per heavy atom. The van der Waals surface area contributed by atoms with Crippen LogP contribution in [0, 0.1) is 25.7 Å². The zero-order valence-electron chi connectivity index (χ0n) is 45.7. The normalized spacial score (nSPS) is 12.9. The molecule has 0 saturated heterocycles. The number of para-hydroxylation sites is 3. The Balaban J connectivity index is 0.00000637. The summed E-state index contributed by atoms with van der Waals surface area (Å²) in [6.07, 6.45) is 1.70. The van der Waals surface area contributed by atoms with Crippen LogP contribution >= 0.6 is 0 Å². The third-order valence-electron chi connectivity index (χ3n) is 14.4. The topological polar surface area (TPSA) is 33.5 Å². The van der Waals surface area contributed by atoms with Crippen molar-refractivity contribution in [3.8, 4) is 73.0 Å². The van der Waals surface area contributed by atoms with Crippen LogP contribution < -0.4 is 14.5 Å². The molecule has 0 spiro atoms. The van der Waals surface area contributed by atoms with E-state index in [-0.39, 0.29) is 32.0 Å². The Morgan fingerprint density at radius 2 is 1.05 bits per heavy atom. The molecule has 0 N–H and O–H groups in total. The predicted octanol–water partition coefficient (Wildman–Crippen LogP) is 18.9. The molecule has 77 heavy (non-hydrogen) atoms. The van der Waals surface area contributed by atoms with Crippen LogP contribution in [0.2, 0.25) is 0 Å². The molecule has 0 bridgehead atoms. The summed E-state index contributed by atoms with van der Waals surface area (Å²) >= 11 is 0. The van der Waals surface area contributed by atoms with Gasteiger partial charge in [0.25, 0.3) is 0 Å². The standard InChI is InChI=1S/C71H53N4O.Pt/c1-48-41-69(72-46-63(48)53-35-38-55(39-36-53)71(2,3)4)75-64-40-37-54(49-21-9-5-10-22-49)42-61(64)62-44-60(52-27-15-8-16-28-52)68(45-67(62)75)76-57-30-19-29-56(43-57)73-47-74(66-34-18-17-33-65(66)73)70-58(50-23-11-6-12-24-50)31-20-32-59(70)51-25-13-7-14-26-51;/h5-42,44,46-47H,1-4H3;/q-3;/i1D3;. The fourth-order valence-corrected chi connectivity index (χ4v) is 10.6. The van der Waals surface area contributed by atoms with Gasteiger partial charge in [0, 0.05) is 82.1 Å². The van der Waals surface area contributed by atoms with E-state index >= 15 is 0 Å². The SMILES string of the molecule is [2H]C([2H])([2H])c1cc(-n2c3[c-]c(Oc4[c-]c(N5[CH-]N(c6c(-c7ccccc7)cccc6-c6ccccc6)c6ccccc65)ccc4)c(-c4ccccc4)cc3c3cc(-c4ccccc4)ccc32)ncc1-c1ccc(C(C)(C)C)cc1.[Pt]. The van der Waals surface area contributed by atoms with Crippen LogP contribution in [0.25, 0.3) is 83.3 Å². The average Bonchev–Trinajstić information content (AvgIpc) is 4.25. The monoisotopic (exact) mass is 1180 g/mol. The van der Waals surface area contributed by atoms with Gasteiger partial charge in [-0.1, -0.05) is 225 Å². The molecule has 0 fully saturated rings. The summed E-state index contributed by atoms with van der Waals surface area (Å²) in [5, 5.41) is 1.87. The van der Waals surface area contributed by atoms with Gasteiger partial charge in [-0.2, -0.15) is 12.1 Å². The fraction of sp³-hybridized carbons (Fsp3) is 0.0704. The number of pyridine rings is 1. The Hall–Kier alpha value is -8.76. The van der Waals surface area contributed by atoms with Gasteiger partial charge in [0.05, 0.1) is 0 Å². The van der Waals surface area contributed by atoms with Crippen LogP contribution in [0.15, 0.2) is 243 Å². The fourth-order valence-electron chi connectivity index (χ4n) is 10.6. The van der Waals surface area contributed by atoms with E-state index in [1.807, 2.05) is 65.2 Å². The molecule has 1 aliphatic rings. The minimum absolute atomic E-state index is 0. The van der Waals surface area contributed by atoms with Crippen LogP contribution in [-0.2, 0) is 26.5 Å². The van der Waals surface area contributed by atoms with E-state index in [1.165, 1.54) is 0 Å².